The van der Waals surface area contributed by atoms with Crippen LogP contribution in [0, 0.1) is 0 Å². The summed E-state index contributed by atoms with van der Waals surface area (Å²) in [6.07, 6.45) is 0. The molecule has 0 amide bonds. The quantitative estimate of drug-likeness (QED) is 0.907. The molecule has 2 rings (SSSR count). The fourth-order valence-corrected chi connectivity index (χ4v) is 1.35. The van der Waals surface area contributed by atoms with Crippen LogP contribution in [-0.2, 0) is 0 Å². The van der Waals surface area contributed by atoms with Crippen LogP contribution in [0.1, 0.15) is 18.9 Å². The van der Waals surface area contributed by atoms with Crippen LogP contribution in [0.5, 0.6) is 5.75 Å². The van der Waals surface area contributed by atoms with Crippen LogP contribution in [0.3, 0.4) is 0 Å². The number of ether oxygens (including phenoxy) is 1. The summed E-state index contributed by atoms with van der Waals surface area (Å²) in [6, 6.07) is 5.67. The Morgan fingerprint density at radius 2 is 2.17 bits per heavy atom. The number of hydrogen-bond donors (Lipinski definition) is 1. The Kier molecular flexibility index (Phi) is 3.52. The summed E-state index contributed by atoms with van der Waals surface area (Å²) >= 11 is 0. The fourth-order valence-electron chi connectivity index (χ4n) is 1.35. The van der Waals surface area contributed by atoms with Gasteiger partial charge in [-0.1, -0.05) is 17.3 Å². The number of nitrogens with two attached hydrogens (primary N) is 1. The molecule has 7 heteroatoms. The van der Waals surface area contributed by atoms with E-state index in [1.165, 1.54) is 12.1 Å². The molecule has 0 fully saturated rings. The van der Waals surface area contributed by atoms with Gasteiger partial charge < -0.3 is 15.0 Å². The number of nitrogens with zero attached hydrogens (tertiary/aromatic N) is 2. The Bertz CT molecular complexity index is 529. The largest absolute Gasteiger partial charge is 0.435 e. The van der Waals surface area contributed by atoms with Crippen LogP contribution in [-0.4, -0.2) is 16.8 Å². The Morgan fingerprint density at radius 1 is 1.39 bits per heavy atom. The summed E-state index contributed by atoms with van der Waals surface area (Å²) in [7, 11) is 0. The molecule has 0 aliphatic carbocycles. The number of halogens is 2. The summed E-state index contributed by atoms with van der Waals surface area (Å²) in [5.74, 6) is 0.599. The van der Waals surface area contributed by atoms with Gasteiger partial charge in [0.1, 0.15) is 5.75 Å². The van der Waals surface area contributed by atoms with Gasteiger partial charge >= 0.3 is 6.61 Å². The van der Waals surface area contributed by atoms with E-state index < -0.39 is 6.61 Å². The van der Waals surface area contributed by atoms with Gasteiger partial charge in [0, 0.05) is 5.56 Å². The van der Waals surface area contributed by atoms with Gasteiger partial charge in [-0.3, -0.25) is 0 Å². The molecule has 0 saturated carbocycles. The monoisotopic (exact) mass is 255 g/mol. The highest BCUT2D eigenvalue weighted by molar-refractivity contribution is 5.56. The van der Waals surface area contributed by atoms with Crippen LogP contribution >= 0.6 is 0 Å². The third-order valence-corrected chi connectivity index (χ3v) is 2.15. The van der Waals surface area contributed by atoms with Crippen molar-refractivity contribution in [2.24, 2.45) is 5.73 Å². The van der Waals surface area contributed by atoms with Crippen molar-refractivity contribution in [3.63, 3.8) is 0 Å². The van der Waals surface area contributed by atoms with Crippen molar-refractivity contribution < 1.29 is 18.0 Å². The Labute approximate surface area is 102 Å². The number of rotatable bonds is 4. The fraction of sp³-hybridized carbons (Fsp3) is 0.273. The van der Waals surface area contributed by atoms with E-state index in [9.17, 15) is 8.78 Å². The van der Waals surface area contributed by atoms with E-state index in [4.69, 9.17) is 10.3 Å². The van der Waals surface area contributed by atoms with Crippen LogP contribution in [0.15, 0.2) is 28.8 Å². The summed E-state index contributed by atoms with van der Waals surface area (Å²) in [4.78, 5) is 4.05. The smallest absolute Gasteiger partial charge is 0.387 e. The summed E-state index contributed by atoms with van der Waals surface area (Å²) in [6.45, 7) is -1.17. The maximum Gasteiger partial charge on any atom is 0.387 e. The van der Waals surface area contributed by atoms with E-state index >= 15 is 0 Å². The van der Waals surface area contributed by atoms with Crippen molar-refractivity contribution in [3.8, 4) is 17.1 Å². The lowest BCUT2D eigenvalue weighted by Crippen LogP contribution is -2.04. The third kappa shape index (κ3) is 2.80. The third-order valence-electron chi connectivity index (χ3n) is 2.15. The van der Waals surface area contributed by atoms with Crippen molar-refractivity contribution in [1.82, 2.24) is 10.1 Å². The van der Waals surface area contributed by atoms with Gasteiger partial charge in [-0.05, 0) is 19.1 Å². The van der Waals surface area contributed by atoms with Gasteiger partial charge in [0.25, 0.3) is 0 Å². The molecule has 0 aliphatic heterocycles. The zero-order valence-electron chi connectivity index (χ0n) is 9.51. The summed E-state index contributed by atoms with van der Waals surface area (Å²) in [5.41, 5.74) is 6.10. The molecule has 1 heterocycles. The molecule has 0 radical (unpaired) electrons. The van der Waals surface area contributed by atoms with Gasteiger partial charge in [-0.2, -0.15) is 13.8 Å². The molecule has 5 nitrogen and oxygen atoms in total. The van der Waals surface area contributed by atoms with Gasteiger partial charge in [0.15, 0.2) is 0 Å². The Morgan fingerprint density at radius 3 is 2.78 bits per heavy atom. The van der Waals surface area contributed by atoms with Gasteiger partial charge in [0.05, 0.1) is 6.04 Å². The molecule has 1 aromatic carbocycles. The minimum Gasteiger partial charge on any atom is -0.435 e. The first kappa shape index (κ1) is 12.4. The SMILES string of the molecule is CC(N)c1nc(-c2cccc(OC(F)F)c2)no1. The van der Waals surface area contributed by atoms with Crippen LogP contribution in [0.25, 0.3) is 11.4 Å². The van der Waals surface area contributed by atoms with E-state index in [1.54, 1.807) is 19.1 Å². The first-order valence-electron chi connectivity index (χ1n) is 5.20. The average Bonchev–Trinajstić information content (AvgIpc) is 2.77. The van der Waals surface area contributed by atoms with Crippen molar-refractivity contribution >= 4 is 0 Å². The first-order valence-corrected chi connectivity index (χ1v) is 5.20. The van der Waals surface area contributed by atoms with E-state index in [-0.39, 0.29) is 23.5 Å². The van der Waals surface area contributed by atoms with E-state index in [0.717, 1.165) is 0 Å². The predicted molar refractivity (Wildman–Crippen MR) is 59.0 cm³/mol. The molecule has 0 spiro atoms. The summed E-state index contributed by atoms with van der Waals surface area (Å²) in [5, 5.41) is 3.72. The predicted octanol–water partition coefficient (Wildman–Crippen LogP) is 2.36. The molecule has 0 bridgehead atoms. The lowest BCUT2D eigenvalue weighted by atomic mass is 10.2. The molecule has 2 N–H and O–H groups in total. The molecule has 1 unspecified atom stereocenters. The van der Waals surface area contributed by atoms with Crippen molar-refractivity contribution in [2.75, 3.05) is 0 Å². The maximum absolute atomic E-state index is 12.1. The highest BCUT2D eigenvalue weighted by Gasteiger charge is 2.13. The minimum atomic E-state index is -2.87. The normalized spacial score (nSPS) is 12.7. The number of aromatic nitrogens is 2. The highest BCUT2D eigenvalue weighted by Crippen LogP contribution is 2.23. The zero-order valence-corrected chi connectivity index (χ0v) is 9.51. The number of benzene rings is 1. The lowest BCUT2D eigenvalue weighted by molar-refractivity contribution is -0.0498. The average molecular weight is 255 g/mol. The van der Waals surface area contributed by atoms with Crippen molar-refractivity contribution in [1.29, 1.82) is 0 Å². The molecule has 1 aromatic heterocycles. The number of hydrogen-bond acceptors (Lipinski definition) is 5. The molecular weight excluding hydrogens is 244 g/mol. The molecular formula is C11H11F2N3O2. The zero-order chi connectivity index (χ0) is 13.1. The lowest BCUT2D eigenvalue weighted by Gasteiger charge is -2.04. The second kappa shape index (κ2) is 5.09. The first-order chi connectivity index (χ1) is 8.56. The molecule has 0 saturated heterocycles. The maximum atomic E-state index is 12.1. The molecule has 0 aliphatic rings. The topological polar surface area (TPSA) is 74.2 Å². The van der Waals surface area contributed by atoms with Crippen LogP contribution in [0.4, 0.5) is 8.78 Å². The molecule has 2 aromatic rings. The van der Waals surface area contributed by atoms with E-state index in [0.29, 0.717) is 5.56 Å². The van der Waals surface area contributed by atoms with Gasteiger partial charge in [-0.25, -0.2) is 0 Å². The molecule has 1 atom stereocenters. The molecule has 18 heavy (non-hydrogen) atoms. The van der Waals surface area contributed by atoms with Gasteiger partial charge in [-0.15, -0.1) is 0 Å². The van der Waals surface area contributed by atoms with Crippen LogP contribution < -0.4 is 10.5 Å². The van der Waals surface area contributed by atoms with Crippen LogP contribution in [0.2, 0.25) is 0 Å². The van der Waals surface area contributed by atoms with Gasteiger partial charge in [0.2, 0.25) is 11.7 Å². The standard InChI is InChI=1S/C11H11F2N3O2/c1-6(14)10-15-9(16-18-10)7-3-2-4-8(5-7)17-11(12)13/h2-6,11H,14H2,1H3. The van der Waals surface area contributed by atoms with Crippen molar-refractivity contribution in [2.45, 2.75) is 19.6 Å². The number of alkyl halides is 2. The minimum absolute atomic E-state index is 0.0367. The van der Waals surface area contributed by atoms with E-state index in [2.05, 4.69) is 14.9 Å². The van der Waals surface area contributed by atoms with Crippen molar-refractivity contribution in [3.05, 3.63) is 30.2 Å². The second-order valence-corrected chi connectivity index (χ2v) is 3.65. The Hall–Kier alpha value is -2.02. The summed E-state index contributed by atoms with van der Waals surface area (Å²) < 4.78 is 33.4. The Balaban J connectivity index is 2.26. The van der Waals surface area contributed by atoms with E-state index in [1.807, 2.05) is 0 Å². The highest BCUT2D eigenvalue weighted by atomic mass is 19.3. The molecule has 96 valence electrons. The second-order valence-electron chi connectivity index (χ2n) is 3.65.